The molecular weight excluding hydrogens is 246 g/mol. The number of benzene rings is 1. The molecule has 0 saturated carbocycles. The van der Waals surface area contributed by atoms with Gasteiger partial charge in [0.05, 0.1) is 11.6 Å². The predicted octanol–water partition coefficient (Wildman–Crippen LogP) is 4.18. The van der Waals surface area contributed by atoms with E-state index in [1.165, 1.54) is 0 Å². The molecule has 18 heavy (non-hydrogen) atoms. The van der Waals surface area contributed by atoms with Crippen LogP contribution in [0.5, 0.6) is 5.75 Å². The van der Waals surface area contributed by atoms with E-state index in [2.05, 4.69) is 32.7 Å². The van der Waals surface area contributed by atoms with Crippen LogP contribution >= 0.6 is 11.6 Å². The van der Waals surface area contributed by atoms with Crippen molar-refractivity contribution in [3.05, 3.63) is 41.4 Å². The average molecular weight is 268 g/mol. The Hall–Kier alpha value is -0.990. The molecule has 0 aliphatic heterocycles. The topological polar surface area (TPSA) is 21.3 Å². The Morgan fingerprint density at radius 2 is 2.11 bits per heavy atom. The van der Waals surface area contributed by atoms with Gasteiger partial charge in [-0.25, -0.2) is 0 Å². The smallest absolute Gasteiger partial charge is 0.137 e. The predicted molar refractivity (Wildman–Crippen MR) is 78.4 cm³/mol. The van der Waals surface area contributed by atoms with Crippen LogP contribution in [0.4, 0.5) is 0 Å². The number of hydrogen-bond donors (Lipinski definition) is 1. The summed E-state index contributed by atoms with van der Waals surface area (Å²) in [4.78, 5) is 0. The maximum absolute atomic E-state index is 6.18. The van der Waals surface area contributed by atoms with Crippen LogP contribution in [-0.4, -0.2) is 12.1 Å². The van der Waals surface area contributed by atoms with E-state index in [0.717, 1.165) is 24.3 Å². The number of halogens is 1. The molecule has 0 bridgehead atoms. The third-order valence-corrected chi connectivity index (χ3v) is 2.69. The van der Waals surface area contributed by atoms with Crippen molar-refractivity contribution in [2.75, 3.05) is 6.61 Å². The van der Waals surface area contributed by atoms with Crippen molar-refractivity contribution in [3.63, 3.8) is 0 Å². The number of nitrogens with one attached hydrogen (secondary N) is 1. The second-order valence-electron chi connectivity index (χ2n) is 5.29. The Kier molecular flexibility index (Phi) is 5.70. The standard InChI is InChI=1S/C15H22ClNO/c1-5-6-9-18-14-8-7-12(10-13(14)16)11-17-15(2,3)4/h5,7-8,10,17H,1,6,9,11H2,2-4H3. The Balaban J connectivity index is 2.58. The summed E-state index contributed by atoms with van der Waals surface area (Å²) in [6, 6.07) is 5.91. The van der Waals surface area contributed by atoms with Gasteiger partial charge < -0.3 is 10.1 Å². The summed E-state index contributed by atoms with van der Waals surface area (Å²) in [6.45, 7) is 11.5. The van der Waals surface area contributed by atoms with Crippen LogP contribution in [0.2, 0.25) is 5.02 Å². The van der Waals surface area contributed by atoms with Crippen LogP contribution in [-0.2, 0) is 6.54 Å². The molecular formula is C15H22ClNO. The zero-order valence-corrected chi connectivity index (χ0v) is 12.2. The van der Waals surface area contributed by atoms with Gasteiger partial charge >= 0.3 is 0 Å². The normalized spacial score (nSPS) is 11.3. The van der Waals surface area contributed by atoms with E-state index < -0.39 is 0 Å². The van der Waals surface area contributed by atoms with Crippen molar-refractivity contribution in [1.29, 1.82) is 0 Å². The summed E-state index contributed by atoms with van der Waals surface area (Å²) in [5.74, 6) is 0.734. The van der Waals surface area contributed by atoms with Crippen molar-refractivity contribution in [2.24, 2.45) is 0 Å². The van der Waals surface area contributed by atoms with Gasteiger partial charge in [0.1, 0.15) is 5.75 Å². The molecule has 0 radical (unpaired) electrons. The van der Waals surface area contributed by atoms with Crippen molar-refractivity contribution in [2.45, 2.75) is 39.3 Å². The molecule has 1 rings (SSSR count). The molecule has 0 aromatic heterocycles. The maximum Gasteiger partial charge on any atom is 0.137 e. The highest BCUT2D eigenvalue weighted by Crippen LogP contribution is 2.25. The van der Waals surface area contributed by atoms with E-state index in [1.807, 2.05) is 24.3 Å². The molecule has 1 aromatic rings. The Morgan fingerprint density at radius 1 is 1.39 bits per heavy atom. The van der Waals surface area contributed by atoms with Crippen LogP contribution in [0.3, 0.4) is 0 Å². The first-order chi connectivity index (χ1) is 8.42. The molecule has 0 unspecified atom stereocenters. The lowest BCUT2D eigenvalue weighted by Gasteiger charge is -2.20. The highest BCUT2D eigenvalue weighted by Gasteiger charge is 2.09. The lowest BCUT2D eigenvalue weighted by atomic mass is 10.1. The van der Waals surface area contributed by atoms with Gasteiger partial charge in [-0.15, -0.1) is 6.58 Å². The van der Waals surface area contributed by atoms with Crippen LogP contribution < -0.4 is 10.1 Å². The van der Waals surface area contributed by atoms with E-state index in [0.29, 0.717) is 11.6 Å². The summed E-state index contributed by atoms with van der Waals surface area (Å²) in [5, 5.41) is 4.08. The number of rotatable bonds is 6. The minimum atomic E-state index is 0.103. The molecule has 0 atom stereocenters. The molecule has 0 saturated heterocycles. The summed E-state index contributed by atoms with van der Waals surface area (Å²) in [7, 11) is 0. The Bertz CT molecular complexity index is 396. The minimum absolute atomic E-state index is 0.103. The summed E-state index contributed by atoms with van der Waals surface area (Å²) >= 11 is 6.18. The van der Waals surface area contributed by atoms with E-state index in [9.17, 15) is 0 Å². The van der Waals surface area contributed by atoms with Crippen LogP contribution in [0, 0.1) is 0 Å². The van der Waals surface area contributed by atoms with Gasteiger partial charge in [-0.05, 0) is 44.9 Å². The molecule has 1 N–H and O–H groups in total. The van der Waals surface area contributed by atoms with Crippen molar-refractivity contribution in [3.8, 4) is 5.75 Å². The van der Waals surface area contributed by atoms with Crippen LogP contribution in [0.15, 0.2) is 30.9 Å². The molecule has 0 heterocycles. The fourth-order valence-electron chi connectivity index (χ4n) is 1.39. The molecule has 3 heteroatoms. The van der Waals surface area contributed by atoms with Gasteiger partial charge in [-0.3, -0.25) is 0 Å². The number of ether oxygens (including phenoxy) is 1. The van der Waals surface area contributed by atoms with Gasteiger partial charge in [0, 0.05) is 12.1 Å². The van der Waals surface area contributed by atoms with Crippen molar-refractivity contribution >= 4 is 11.6 Å². The molecule has 0 aliphatic carbocycles. The van der Waals surface area contributed by atoms with Crippen molar-refractivity contribution < 1.29 is 4.74 Å². The fraction of sp³-hybridized carbons (Fsp3) is 0.467. The largest absolute Gasteiger partial charge is 0.492 e. The van der Waals surface area contributed by atoms with Gasteiger partial charge in [0.2, 0.25) is 0 Å². The lowest BCUT2D eigenvalue weighted by Crippen LogP contribution is -2.35. The molecule has 0 fully saturated rings. The lowest BCUT2D eigenvalue weighted by molar-refractivity contribution is 0.325. The second-order valence-corrected chi connectivity index (χ2v) is 5.70. The zero-order valence-electron chi connectivity index (χ0n) is 11.4. The Labute approximate surface area is 115 Å². The molecule has 0 amide bonds. The average Bonchev–Trinajstić information content (AvgIpc) is 2.28. The van der Waals surface area contributed by atoms with Gasteiger partial charge in [0.25, 0.3) is 0 Å². The molecule has 100 valence electrons. The highest BCUT2D eigenvalue weighted by atomic mass is 35.5. The van der Waals surface area contributed by atoms with Gasteiger partial charge in [0.15, 0.2) is 0 Å². The number of hydrogen-bond acceptors (Lipinski definition) is 2. The van der Waals surface area contributed by atoms with Crippen LogP contribution in [0.1, 0.15) is 32.8 Å². The first-order valence-corrected chi connectivity index (χ1v) is 6.57. The first kappa shape index (κ1) is 15.1. The third kappa shape index (κ3) is 5.56. The fourth-order valence-corrected chi connectivity index (χ4v) is 1.65. The molecule has 2 nitrogen and oxygen atoms in total. The molecule has 1 aromatic carbocycles. The SMILES string of the molecule is C=CCCOc1ccc(CNC(C)(C)C)cc1Cl. The van der Waals surface area contributed by atoms with Crippen LogP contribution in [0.25, 0.3) is 0 Å². The monoisotopic (exact) mass is 267 g/mol. The van der Waals surface area contributed by atoms with Crippen molar-refractivity contribution in [1.82, 2.24) is 5.32 Å². The van der Waals surface area contributed by atoms with E-state index >= 15 is 0 Å². The van der Waals surface area contributed by atoms with E-state index in [4.69, 9.17) is 16.3 Å². The quantitative estimate of drug-likeness (QED) is 0.617. The third-order valence-electron chi connectivity index (χ3n) is 2.40. The summed E-state index contributed by atoms with van der Waals surface area (Å²) < 4.78 is 5.55. The maximum atomic E-state index is 6.18. The second kappa shape index (κ2) is 6.81. The van der Waals surface area contributed by atoms with Gasteiger partial charge in [-0.2, -0.15) is 0 Å². The highest BCUT2D eigenvalue weighted by molar-refractivity contribution is 6.32. The minimum Gasteiger partial charge on any atom is -0.492 e. The van der Waals surface area contributed by atoms with E-state index in [-0.39, 0.29) is 5.54 Å². The first-order valence-electron chi connectivity index (χ1n) is 6.19. The van der Waals surface area contributed by atoms with E-state index in [1.54, 1.807) is 0 Å². The summed E-state index contributed by atoms with van der Waals surface area (Å²) in [5.41, 5.74) is 1.26. The molecule has 0 spiro atoms. The Morgan fingerprint density at radius 3 is 2.67 bits per heavy atom. The zero-order chi connectivity index (χ0) is 13.6. The summed E-state index contributed by atoms with van der Waals surface area (Å²) in [6.07, 6.45) is 2.65. The van der Waals surface area contributed by atoms with Gasteiger partial charge in [-0.1, -0.05) is 23.7 Å². The molecule has 0 aliphatic rings.